The maximum Gasteiger partial charge on any atom is 0.416 e. The second kappa shape index (κ2) is 10.7. The second-order valence-corrected chi connectivity index (χ2v) is 12.3. The van der Waals surface area contributed by atoms with Gasteiger partial charge in [0.25, 0.3) is 5.91 Å². The molecule has 1 aromatic heterocycles. The number of benzene rings is 1. The Hall–Kier alpha value is -2.69. The minimum Gasteiger partial charge on any atom is -0.338 e. The molecule has 0 spiro atoms. The number of nitrogens with zero attached hydrogens (tertiary/aromatic N) is 5. The van der Waals surface area contributed by atoms with Crippen LogP contribution in [0.1, 0.15) is 77.2 Å². The molecule has 2 aromatic rings. The van der Waals surface area contributed by atoms with E-state index in [1.54, 1.807) is 17.2 Å². The fraction of sp³-hybridized carbons (Fsp3) is 0.607. The maximum atomic E-state index is 13.7. The van der Waals surface area contributed by atoms with Crippen molar-refractivity contribution >= 4 is 23.7 Å². The molecule has 4 heterocycles. The van der Waals surface area contributed by atoms with Gasteiger partial charge >= 0.3 is 12.2 Å². The number of thioether (sulfide) groups is 1. The number of aromatic nitrogens is 2. The molecule has 3 amide bonds. The summed E-state index contributed by atoms with van der Waals surface area (Å²) in [6.45, 7) is 3.66. The van der Waals surface area contributed by atoms with Crippen LogP contribution in [-0.4, -0.2) is 87.2 Å². The lowest BCUT2D eigenvalue weighted by molar-refractivity contribution is -0.138. The molecule has 3 aliphatic heterocycles. The number of carbonyl (C=O) groups excluding carboxylic acids is 2. The monoisotopic (exact) mass is 561 g/mol. The molecule has 6 rings (SSSR count). The number of amides is 3. The van der Waals surface area contributed by atoms with Crippen LogP contribution in [0, 0.1) is 0 Å². The lowest BCUT2D eigenvalue weighted by atomic mass is 9.93. The van der Waals surface area contributed by atoms with E-state index in [1.807, 2.05) is 26.2 Å². The van der Waals surface area contributed by atoms with Crippen molar-refractivity contribution in [1.29, 1.82) is 0 Å². The van der Waals surface area contributed by atoms with Gasteiger partial charge in [-0.15, -0.1) is 0 Å². The number of carbonyl (C=O) groups is 2. The summed E-state index contributed by atoms with van der Waals surface area (Å²) in [5.74, 6) is 1.80. The molecule has 3 saturated heterocycles. The predicted molar refractivity (Wildman–Crippen MR) is 143 cm³/mol. The number of rotatable bonds is 4. The molecule has 39 heavy (non-hydrogen) atoms. The lowest BCUT2D eigenvalue weighted by Gasteiger charge is -2.37. The van der Waals surface area contributed by atoms with E-state index in [2.05, 4.69) is 5.10 Å². The van der Waals surface area contributed by atoms with E-state index in [0.29, 0.717) is 37.5 Å². The minimum atomic E-state index is -4.42. The van der Waals surface area contributed by atoms with E-state index >= 15 is 0 Å². The Morgan fingerprint density at radius 3 is 2.21 bits per heavy atom. The maximum absolute atomic E-state index is 13.7. The summed E-state index contributed by atoms with van der Waals surface area (Å²) in [4.78, 5) is 32.2. The third kappa shape index (κ3) is 5.38. The number of alkyl halides is 3. The molecule has 1 aromatic carbocycles. The highest BCUT2D eigenvalue weighted by molar-refractivity contribution is 7.99. The number of piperidine rings is 1. The first-order valence-electron chi connectivity index (χ1n) is 14.0. The molecule has 7 nitrogen and oxygen atoms in total. The van der Waals surface area contributed by atoms with Gasteiger partial charge in [0, 0.05) is 62.6 Å². The molecule has 1 aliphatic carbocycles. The molecular weight excluding hydrogens is 527 g/mol. The molecule has 0 bridgehead atoms. The van der Waals surface area contributed by atoms with Crippen molar-refractivity contribution in [3.8, 4) is 0 Å². The van der Waals surface area contributed by atoms with Crippen LogP contribution < -0.4 is 0 Å². The number of urea groups is 1. The smallest absolute Gasteiger partial charge is 0.338 e. The van der Waals surface area contributed by atoms with Crippen LogP contribution in [0.2, 0.25) is 0 Å². The number of hydrogen-bond donors (Lipinski definition) is 0. The van der Waals surface area contributed by atoms with Crippen molar-refractivity contribution in [2.75, 3.05) is 50.8 Å². The van der Waals surface area contributed by atoms with E-state index in [-0.39, 0.29) is 36.0 Å². The molecule has 0 unspecified atom stereocenters. The number of likely N-dealkylation sites (tertiary alicyclic amines) is 2. The van der Waals surface area contributed by atoms with Gasteiger partial charge in [0.15, 0.2) is 0 Å². The molecule has 1 atom stereocenters. The Balaban J connectivity index is 1.14. The van der Waals surface area contributed by atoms with Crippen molar-refractivity contribution in [1.82, 2.24) is 24.5 Å². The summed E-state index contributed by atoms with van der Waals surface area (Å²) >= 11 is 1.88. The van der Waals surface area contributed by atoms with Crippen LogP contribution in [0.3, 0.4) is 0 Å². The molecule has 11 heteroatoms. The zero-order chi connectivity index (χ0) is 27.1. The zero-order valence-corrected chi connectivity index (χ0v) is 22.7. The molecule has 0 radical (unpaired) electrons. The quantitative estimate of drug-likeness (QED) is 0.514. The van der Waals surface area contributed by atoms with Gasteiger partial charge in [-0.1, -0.05) is 18.2 Å². The fourth-order valence-electron chi connectivity index (χ4n) is 6.33. The van der Waals surface area contributed by atoms with Gasteiger partial charge < -0.3 is 14.7 Å². The summed E-state index contributed by atoms with van der Waals surface area (Å²) in [7, 11) is 0. The normalized spacial score (nSPS) is 22.9. The van der Waals surface area contributed by atoms with Gasteiger partial charge in [0.1, 0.15) is 0 Å². The van der Waals surface area contributed by atoms with Crippen LogP contribution in [0.15, 0.2) is 30.5 Å². The van der Waals surface area contributed by atoms with E-state index in [0.717, 1.165) is 62.0 Å². The SMILES string of the molecule is O=C(c1cnn(C2CCN(C(=O)N3CCSCC3)CC2)c1C1CC1)N1CC[C@@H](c2ccccc2C(F)(F)F)C1. The summed E-state index contributed by atoms with van der Waals surface area (Å²) in [5, 5.41) is 4.68. The highest BCUT2D eigenvalue weighted by Crippen LogP contribution is 2.44. The van der Waals surface area contributed by atoms with Crippen molar-refractivity contribution < 1.29 is 22.8 Å². The Morgan fingerprint density at radius 2 is 1.51 bits per heavy atom. The standard InChI is InChI=1S/C28H34F3N5O2S/c29-28(30,31)24-4-2-1-3-22(24)20-7-10-35(18-20)26(37)23-17-32-36(25(23)19-5-6-19)21-8-11-33(12-9-21)27(38)34-13-15-39-16-14-34/h1-4,17,19-21H,5-16,18H2/t20-/m1/s1. The van der Waals surface area contributed by atoms with E-state index in [4.69, 9.17) is 0 Å². The minimum absolute atomic E-state index is 0.128. The third-order valence-electron chi connectivity index (χ3n) is 8.57. The van der Waals surface area contributed by atoms with Crippen molar-refractivity contribution in [2.24, 2.45) is 0 Å². The second-order valence-electron chi connectivity index (χ2n) is 11.1. The van der Waals surface area contributed by atoms with E-state index in [1.165, 1.54) is 12.1 Å². The molecule has 210 valence electrons. The van der Waals surface area contributed by atoms with Crippen LogP contribution in [-0.2, 0) is 6.18 Å². The third-order valence-corrected chi connectivity index (χ3v) is 9.51. The Kier molecular flexibility index (Phi) is 7.28. The van der Waals surface area contributed by atoms with Crippen LogP contribution in [0.4, 0.5) is 18.0 Å². The van der Waals surface area contributed by atoms with Gasteiger partial charge in [-0.2, -0.15) is 30.0 Å². The number of halogens is 3. The molecule has 4 aliphatic rings. The molecule has 1 saturated carbocycles. The van der Waals surface area contributed by atoms with E-state index < -0.39 is 11.7 Å². The zero-order valence-electron chi connectivity index (χ0n) is 21.9. The summed E-state index contributed by atoms with van der Waals surface area (Å²) in [5.41, 5.74) is 1.21. The first-order chi connectivity index (χ1) is 18.8. The summed E-state index contributed by atoms with van der Waals surface area (Å²) in [6, 6.07) is 5.97. The molecular formula is C28H34F3N5O2S. The van der Waals surface area contributed by atoms with Crippen LogP contribution >= 0.6 is 11.8 Å². The van der Waals surface area contributed by atoms with Gasteiger partial charge in [0.2, 0.25) is 0 Å². The van der Waals surface area contributed by atoms with Crippen molar-refractivity contribution in [3.63, 3.8) is 0 Å². The lowest BCUT2D eigenvalue weighted by Crippen LogP contribution is -2.49. The average Bonchev–Trinajstić information content (AvgIpc) is 3.50. The topological polar surface area (TPSA) is 61.7 Å². The predicted octanol–water partition coefficient (Wildman–Crippen LogP) is 5.21. The fourth-order valence-corrected chi connectivity index (χ4v) is 7.23. The molecule has 4 fully saturated rings. The van der Waals surface area contributed by atoms with Crippen LogP contribution in [0.25, 0.3) is 0 Å². The van der Waals surface area contributed by atoms with Gasteiger partial charge in [0.05, 0.1) is 29.1 Å². The highest BCUT2D eigenvalue weighted by atomic mass is 32.2. The van der Waals surface area contributed by atoms with Crippen molar-refractivity contribution in [2.45, 2.75) is 56.2 Å². The average molecular weight is 562 g/mol. The number of hydrogen-bond acceptors (Lipinski definition) is 4. The summed E-state index contributed by atoms with van der Waals surface area (Å²) < 4.78 is 42.8. The largest absolute Gasteiger partial charge is 0.416 e. The van der Waals surface area contributed by atoms with Crippen LogP contribution in [0.5, 0.6) is 0 Å². The first-order valence-corrected chi connectivity index (χ1v) is 15.1. The van der Waals surface area contributed by atoms with Gasteiger partial charge in [-0.05, 0) is 43.7 Å². The van der Waals surface area contributed by atoms with E-state index in [9.17, 15) is 22.8 Å². The first kappa shape index (κ1) is 26.5. The molecule has 0 N–H and O–H groups in total. The van der Waals surface area contributed by atoms with Gasteiger partial charge in [-0.3, -0.25) is 9.48 Å². The van der Waals surface area contributed by atoms with Gasteiger partial charge in [-0.25, -0.2) is 4.79 Å². The Bertz CT molecular complexity index is 1220. The highest BCUT2D eigenvalue weighted by Gasteiger charge is 2.40. The Labute approximate surface area is 230 Å². The summed E-state index contributed by atoms with van der Waals surface area (Å²) in [6.07, 6.45) is 1.37. The van der Waals surface area contributed by atoms with Crippen molar-refractivity contribution in [3.05, 3.63) is 52.8 Å². The Morgan fingerprint density at radius 1 is 0.846 bits per heavy atom.